The predicted molar refractivity (Wildman–Crippen MR) is 60.6 cm³/mol. The molecule has 0 bridgehead atoms. The van der Waals surface area contributed by atoms with Crippen LogP contribution >= 0.6 is 0 Å². The molecular weight excluding hydrogens is 158 g/mol. The van der Waals surface area contributed by atoms with Crippen LogP contribution in [0.4, 0.5) is 0 Å². The molecule has 1 heteroatoms. The summed E-state index contributed by atoms with van der Waals surface area (Å²) in [6.07, 6.45) is 2.94. The minimum atomic E-state index is 0.270. The van der Waals surface area contributed by atoms with E-state index in [4.69, 9.17) is 5.73 Å². The monoisotopic (exact) mass is 181 g/mol. The van der Waals surface area contributed by atoms with Crippen molar-refractivity contribution in [2.45, 2.75) is 46.1 Å². The van der Waals surface area contributed by atoms with Crippen molar-refractivity contribution in [1.29, 1.82) is 0 Å². The summed E-state index contributed by atoms with van der Waals surface area (Å²) in [5.74, 6) is 0.674. The second kappa shape index (κ2) is 5.98. The van der Waals surface area contributed by atoms with E-state index in [1.54, 1.807) is 0 Å². The molecule has 1 unspecified atom stereocenters. The maximum atomic E-state index is 5.96. The molecule has 0 aromatic rings. The number of nitrogens with two attached hydrogens (primary N) is 1. The van der Waals surface area contributed by atoms with E-state index in [1.807, 2.05) is 6.92 Å². The molecular formula is C12H23N. The number of rotatable bonds is 6. The van der Waals surface area contributed by atoms with Crippen molar-refractivity contribution in [1.82, 2.24) is 0 Å². The molecule has 0 aliphatic rings. The maximum Gasteiger partial charge on any atom is 0.00785 e. The van der Waals surface area contributed by atoms with Crippen molar-refractivity contribution in [2.24, 2.45) is 11.7 Å². The molecule has 0 radical (unpaired) electrons. The van der Waals surface area contributed by atoms with Gasteiger partial charge in [0.15, 0.2) is 0 Å². The molecule has 0 spiro atoms. The van der Waals surface area contributed by atoms with Crippen LogP contribution in [-0.4, -0.2) is 6.04 Å². The Morgan fingerprint density at radius 1 is 1.31 bits per heavy atom. The Morgan fingerprint density at radius 3 is 2.23 bits per heavy atom. The van der Waals surface area contributed by atoms with Crippen molar-refractivity contribution >= 4 is 0 Å². The summed E-state index contributed by atoms with van der Waals surface area (Å²) in [7, 11) is 0. The molecule has 1 atom stereocenters. The number of hydrogen-bond acceptors (Lipinski definition) is 1. The van der Waals surface area contributed by atoms with Gasteiger partial charge in [0.1, 0.15) is 0 Å². The third-order valence-corrected chi connectivity index (χ3v) is 1.88. The minimum Gasteiger partial charge on any atom is -0.327 e. The Balaban J connectivity index is 3.71. The molecule has 0 saturated carbocycles. The van der Waals surface area contributed by atoms with Gasteiger partial charge in [-0.05, 0) is 32.1 Å². The summed E-state index contributed by atoms with van der Waals surface area (Å²) in [6.45, 7) is 14.3. The first-order valence-electron chi connectivity index (χ1n) is 4.98. The zero-order valence-electron chi connectivity index (χ0n) is 9.27. The molecule has 0 heterocycles. The molecule has 13 heavy (non-hydrogen) atoms. The van der Waals surface area contributed by atoms with E-state index < -0.39 is 0 Å². The van der Waals surface area contributed by atoms with Gasteiger partial charge >= 0.3 is 0 Å². The van der Waals surface area contributed by atoms with E-state index in [1.165, 1.54) is 11.1 Å². The van der Waals surface area contributed by atoms with E-state index in [9.17, 15) is 0 Å². The average Bonchev–Trinajstić information content (AvgIpc) is 1.80. The molecule has 76 valence electrons. The van der Waals surface area contributed by atoms with E-state index in [-0.39, 0.29) is 6.04 Å². The fraction of sp³-hybridized carbons (Fsp3) is 0.667. The quantitative estimate of drug-likeness (QED) is 0.625. The molecule has 0 aromatic heterocycles. The molecule has 0 rings (SSSR count). The second-order valence-electron chi connectivity index (χ2n) is 4.48. The van der Waals surface area contributed by atoms with Crippen LogP contribution in [-0.2, 0) is 0 Å². The van der Waals surface area contributed by atoms with Crippen molar-refractivity contribution in [2.75, 3.05) is 0 Å². The van der Waals surface area contributed by atoms with Gasteiger partial charge in [-0.1, -0.05) is 38.2 Å². The molecule has 0 aliphatic heterocycles. The van der Waals surface area contributed by atoms with Gasteiger partial charge in [-0.2, -0.15) is 0 Å². The summed E-state index contributed by atoms with van der Waals surface area (Å²) in [5, 5.41) is 0. The average molecular weight is 181 g/mol. The highest BCUT2D eigenvalue weighted by atomic mass is 14.6. The van der Waals surface area contributed by atoms with Crippen molar-refractivity contribution < 1.29 is 0 Å². The van der Waals surface area contributed by atoms with Crippen LogP contribution < -0.4 is 5.73 Å². The zero-order chi connectivity index (χ0) is 10.4. The van der Waals surface area contributed by atoms with E-state index in [0.717, 1.165) is 19.3 Å². The fourth-order valence-electron chi connectivity index (χ4n) is 1.56. The molecule has 2 N–H and O–H groups in total. The van der Waals surface area contributed by atoms with Crippen LogP contribution in [0.5, 0.6) is 0 Å². The molecule has 0 aliphatic carbocycles. The molecule has 0 saturated heterocycles. The van der Waals surface area contributed by atoms with E-state index in [2.05, 4.69) is 27.0 Å². The standard InChI is InChI=1S/C12H23N/c1-9(2)6-11(5)8-12(13)7-10(3)4/h10,12H,1,5-8,13H2,2-4H3. The molecule has 0 aromatic carbocycles. The summed E-state index contributed by atoms with van der Waals surface area (Å²) in [6, 6.07) is 0.270. The highest BCUT2D eigenvalue weighted by Crippen LogP contribution is 2.15. The van der Waals surface area contributed by atoms with E-state index in [0.29, 0.717) is 5.92 Å². The van der Waals surface area contributed by atoms with Gasteiger partial charge in [-0.3, -0.25) is 0 Å². The Bertz CT molecular complexity index is 180. The van der Waals surface area contributed by atoms with Crippen LogP contribution in [0.3, 0.4) is 0 Å². The van der Waals surface area contributed by atoms with Crippen molar-refractivity contribution in [3.8, 4) is 0 Å². The summed E-state index contributed by atoms with van der Waals surface area (Å²) < 4.78 is 0. The highest BCUT2D eigenvalue weighted by Gasteiger charge is 2.07. The van der Waals surface area contributed by atoms with Gasteiger partial charge in [0, 0.05) is 6.04 Å². The van der Waals surface area contributed by atoms with Gasteiger partial charge in [-0.15, -0.1) is 0 Å². The molecule has 0 amide bonds. The fourth-order valence-corrected chi connectivity index (χ4v) is 1.56. The summed E-state index contributed by atoms with van der Waals surface area (Å²) >= 11 is 0. The Kier molecular flexibility index (Phi) is 5.72. The third-order valence-electron chi connectivity index (χ3n) is 1.88. The van der Waals surface area contributed by atoms with Crippen LogP contribution in [0.2, 0.25) is 0 Å². The van der Waals surface area contributed by atoms with Crippen LogP contribution in [0.15, 0.2) is 24.3 Å². The van der Waals surface area contributed by atoms with Gasteiger partial charge in [0.05, 0.1) is 0 Å². The zero-order valence-corrected chi connectivity index (χ0v) is 9.27. The van der Waals surface area contributed by atoms with Crippen LogP contribution in [0.1, 0.15) is 40.0 Å². The highest BCUT2D eigenvalue weighted by molar-refractivity contribution is 5.08. The maximum absolute atomic E-state index is 5.96. The molecule has 0 fully saturated rings. The van der Waals surface area contributed by atoms with Gasteiger partial charge in [-0.25, -0.2) is 0 Å². The summed E-state index contributed by atoms with van der Waals surface area (Å²) in [5.41, 5.74) is 8.34. The topological polar surface area (TPSA) is 26.0 Å². The van der Waals surface area contributed by atoms with Crippen LogP contribution in [0, 0.1) is 5.92 Å². The van der Waals surface area contributed by atoms with Gasteiger partial charge in [0.2, 0.25) is 0 Å². The van der Waals surface area contributed by atoms with Crippen LogP contribution in [0.25, 0.3) is 0 Å². The third kappa shape index (κ3) is 7.79. The van der Waals surface area contributed by atoms with Crippen molar-refractivity contribution in [3.05, 3.63) is 24.3 Å². The van der Waals surface area contributed by atoms with Crippen molar-refractivity contribution in [3.63, 3.8) is 0 Å². The van der Waals surface area contributed by atoms with E-state index >= 15 is 0 Å². The Morgan fingerprint density at radius 2 is 1.85 bits per heavy atom. The number of allylic oxidation sites excluding steroid dienone is 1. The lowest BCUT2D eigenvalue weighted by Gasteiger charge is -2.15. The van der Waals surface area contributed by atoms with Gasteiger partial charge in [0.25, 0.3) is 0 Å². The van der Waals surface area contributed by atoms with Gasteiger partial charge < -0.3 is 5.73 Å². The lowest BCUT2D eigenvalue weighted by atomic mass is 9.96. The summed E-state index contributed by atoms with van der Waals surface area (Å²) in [4.78, 5) is 0. The molecule has 1 nitrogen and oxygen atoms in total. The normalized spacial score (nSPS) is 13.0. The Labute approximate surface area is 82.7 Å². The number of hydrogen-bond donors (Lipinski definition) is 1. The lowest BCUT2D eigenvalue weighted by Crippen LogP contribution is -2.22. The first kappa shape index (κ1) is 12.4. The first-order valence-corrected chi connectivity index (χ1v) is 4.98. The largest absolute Gasteiger partial charge is 0.327 e. The Hall–Kier alpha value is -0.560. The SMILES string of the molecule is C=C(C)CC(=C)CC(N)CC(C)C. The predicted octanol–water partition coefficient (Wildman–Crippen LogP) is 3.27. The minimum absolute atomic E-state index is 0.270. The second-order valence-corrected chi connectivity index (χ2v) is 4.48. The first-order chi connectivity index (χ1) is 5.91. The lowest BCUT2D eigenvalue weighted by molar-refractivity contribution is 0.490. The smallest absolute Gasteiger partial charge is 0.00785 e.